The highest BCUT2D eigenvalue weighted by molar-refractivity contribution is 5.31. The van der Waals surface area contributed by atoms with Crippen molar-refractivity contribution in [1.82, 2.24) is 4.90 Å². The highest BCUT2D eigenvalue weighted by Gasteiger charge is 2.03. The Balaban J connectivity index is 2.67. The van der Waals surface area contributed by atoms with E-state index in [4.69, 9.17) is 0 Å². The van der Waals surface area contributed by atoms with Crippen molar-refractivity contribution in [3.63, 3.8) is 0 Å². The van der Waals surface area contributed by atoms with E-state index >= 15 is 0 Å². The number of phenolic OH excluding ortho intramolecular Hbond substituents is 1. The highest BCUT2D eigenvalue weighted by Crippen LogP contribution is 2.17. The van der Waals surface area contributed by atoms with Crippen LogP contribution < -0.4 is 0 Å². The lowest BCUT2D eigenvalue weighted by Crippen LogP contribution is -2.22. The van der Waals surface area contributed by atoms with Crippen LogP contribution in [0.5, 0.6) is 5.75 Å². The maximum atomic E-state index is 9.52. The predicted octanol–water partition coefficient (Wildman–Crippen LogP) is 2.23. The van der Waals surface area contributed by atoms with Crippen LogP contribution in [-0.4, -0.2) is 23.1 Å². The average molecular weight is 179 g/mol. The number of rotatable bonds is 4. The number of aromatic hydroxyl groups is 1. The van der Waals surface area contributed by atoms with Crippen molar-refractivity contribution < 1.29 is 5.11 Å². The number of hydrogen-bond donors (Lipinski definition) is 1. The molecular weight excluding hydrogens is 162 g/mol. The molecule has 2 heteroatoms. The molecule has 0 aliphatic heterocycles. The fraction of sp³-hybridized carbons (Fsp3) is 0.455. The lowest BCUT2D eigenvalue weighted by atomic mass is 10.2. The molecule has 0 bridgehead atoms. The third kappa shape index (κ3) is 2.74. The van der Waals surface area contributed by atoms with E-state index in [0.29, 0.717) is 5.75 Å². The molecule has 1 rings (SSSR count). The van der Waals surface area contributed by atoms with Crippen LogP contribution in [0.4, 0.5) is 0 Å². The summed E-state index contributed by atoms with van der Waals surface area (Å²) in [6, 6.07) is 7.51. The van der Waals surface area contributed by atoms with Gasteiger partial charge in [-0.2, -0.15) is 0 Å². The van der Waals surface area contributed by atoms with E-state index < -0.39 is 0 Å². The number of phenols is 1. The SMILES string of the molecule is CCN(CC)Cc1ccccc1O. The summed E-state index contributed by atoms with van der Waals surface area (Å²) >= 11 is 0. The van der Waals surface area contributed by atoms with E-state index in [1.54, 1.807) is 6.07 Å². The van der Waals surface area contributed by atoms with Crippen molar-refractivity contribution in [3.05, 3.63) is 29.8 Å². The zero-order valence-corrected chi connectivity index (χ0v) is 8.33. The van der Waals surface area contributed by atoms with Crippen LogP contribution in [0.2, 0.25) is 0 Å². The first-order chi connectivity index (χ1) is 6.27. The van der Waals surface area contributed by atoms with Gasteiger partial charge in [0.25, 0.3) is 0 Å². The lowest BCUT2D eigenvalue weighted by molar-refractivity contribution is 0.291. The van der Waals surface area contributed by atoms with Crippen molar-refractivity contribution in [1.29, 1.82) is 0 Å². The fourth-order valence-corrected chi connectivity index (χ4v) is 1.33. The molecule has 2 nitrogen and oxygen atoms in total. The summed E-state index contributed by atoms with van der Waals surface area (Å²) in [5, 5.41) is 9.52. The molecule has 0 saturated heterocycles. The maximum Gasteiger partial charge on any atom is 0.120 e. The smallest absolute Gasteiger partial charge is 0.120 e. The van der Waals surface area contributed by atoms with E-state index in [2.05, 4.69) is 18.7 Å². The monoisotopic (exact) mass is 179 g/mol. The quantitative estimate of drug-likeness (QED) is 0.766. The van der Waals surface area contributed by atoms with Gasteiger partial charge >= 0.3 is 0 Å². The average Bonchev–Trinajstić information content (AvgIpc) is 2.17. The molecule has 0 heterocycles. The van der Waals surface area contributed by atoms with Gasteiger partial charge in [-0.25, -0.2) is 0 Å². The zero-order chi connectivity index (χ0) is 9.68. The van der Waals surface area contributed by atoms with Crippen LogP contribution in [0.3, 0.4) is 0 Å². The standard InChI is InChI=1S/C11H17NO/c1-3-12(4-2)9-10-7-5-6-8-11(10)13/h5-8,13H,3-4,9H2,1-2H3. The van der Waals surface area contributed by atoms with E-state index in [1.165, 1.54) is 0 Å². The molecule has 0 aliphatic carbocycles. The van der Waals surface area contributed by atoms with Crippen molar-refractivity contribution in [2.45, 2.75) is 20.4 Å². The molecule has 0 aliphatic rings. The maximum absolute atomic E-state index is 9.52. The Labute approximate surface area is 79.8 Å². The Kier molecular flexibility index (Phi) is 3.77. The second-order valence-corrected chi connectivity index (χ2v) is 3.09. The van der Waals surface area contributed by atoms with Gasteiger partial charge in [-0.1, -0.05) is 32.0 Å². The van der Waals surface area contributed by atoms with E-state index in [9.17, 15) is 5.11 Å². The normalized spacial score (nSPS) is 10.7. The Morgan fingerprint density at radius 1 is 1.15 bits per heavy atom. The zero-order valence-electron chi connectivity index (χ0n) is 8.33. The molecule has 1 N–H and O–H groups in total. The van der Waals surface area contributed by atoms with Gasteiger partial charge in [0.2, 0.25) is 0 Å². The predicted molar refractivity (Wildman–Crippen MR) is 54.7 cm³/mol. The molecule has 0 fully saturated rings. The topological polar surface area (TPSA) is 23.5 Å². The second-order valence-electron chi connectivity index (χ2n) is 3.09. The van der Waals surface area contributed by atoms with Gasteiger partial charge in [0.15, 0.2) is 0 Å². The van der Waals surface area contributed by atoms with Crippen molar-refractivity contribution in [2.24, 2.45) is 0 Å². The molecule has 0 aromatic heterocycles. The van der Waals surface area contributed by atoms with E-state index in [1.807, 2.05) is 18.2 Å². The van der Waals surface area contributed by atoms with Crippen LogP contribution in [0.25, 0.3) is 0 Å². The Morgan fingerprint density at radius 2 is 1.77 bits per heavy atom. The first-order valence-electron chi connectivity index (χ1n) is 4.77. The Morgan fingerprint density at radius 3 is 2.31 bits per heavy atom. The van der Waals surface area contributed by atoms with Gasteiger partial charge in [0.05, 0.1) is 0 Å². The highest BCUT2D eigenvalue weighted by atomic mass is 16.3. The minimum atomic E-state index is 0.398. The molecule has 1 aromatic rings. The molecule has 0 atom stereocenters. The lowest BCUT2D eigenvalue weighted by Gasteiger charge is -2.18. The van der Waals surface area contributed by atoms with Crippen LogP contribution in [0.1, 0.15) is 19.4 Å². The van der Waals surface area contributed by atoms with Gasteiger partial charge in [0, 0.05) is 12.1 Å². The number of benzene rings is 1. The third-order valence-electron chi connectivity index (χ3n) is 2.28. The van der Waals surface area contributed by atoms with E-state index in [0.717, 1.165) is 25.2 Å². The number of para-hydroxylation sites is 1. The summed E-state index contributed by atoms with van der Waals surface area (Å²) < 4.78 is 0. The molecule has 0 saturated carbocycles. The third-order valence-corrected chi connectivity index (χ3v) is 2.28. The molecule has 0 amide bonds. The van der Waals surface area contributed by atoms with Crippen molar-refractivity contribution in [2.75, 3.05) is 13.1 Å². The van der Waals surface area contributed by atoms with Crippen LogP contribution in [0, 0.1) is 0 Å². The first-order valence-corrected chi connectivity index (χ1v) is 4.77. The van der Waals surface area contributed by atoms with Crippen molar-refractivity contribution >= 4 is 0 Å². The largest absolute Gasteiger partial charge is 0.508 e. The minimum Gasteiger partial charge on any atom is -0.508 e. The van der Waals surface area contributed by atoms with Gasteiger partial charge in [0.1, 0.15) is 5.75 Å². The Bertz CT molecular complexity index is 256. The minimum absolute atomic E-state index is 0.398. The summed E-state index contributed by atoms with van der Waals surface area (Å²) in [5.41, 5.74) is 1.01. The van der Waals surface area contributed by atoms with Crippen LogP contribution >= 0.6 is 0 Å². The summed E-state index contributed by atoms with van der Waals surface area (Å²) in [5.74, 6) is 0.398. The van der Waals surface area contributed by atoms with Gasteiger partial charge in [-0.3, -0.25) is 4.90 Å². The molecule has 1 aromatic carbocycles. The second kappa shape index (κ2) is 4.87. The summed E-state index contributed by atoms with van der Waals surface area (Å²) in [6.07, 6.45) is 0. The van der Waals surface area contributed by atoms with E-state index in [-0.39, 0.29) is 0 Å². The summed E-state index contributed by atoms with van der Waals surface area (Å²) in [6.45, 7) is 7.13. The van der Waals surface area contributed by atoms with Gasteiger partial charge in [-0.15, -0.1) is 0 Å². The van der Waals surface area contributed by atoms with Gasteiger partial charge < -0.3 is 5.11 Å². The Hall–Kier alpha value is -1.02. The molecule has 0 spiro atoms. The summed E-state index contributed by atoms with van der Waals surface area (Å²) in [4.78, 5) is 2.27. The molecule has 72 valence electrons. The molecular formula is C11H17NO. The first kappa shape index (κ1) is 10.1. The molecule has 0 radical (unpaired) electrons. The van der Waals surface area contributed by atoms with Crippen LogP contribution in [0.15, 0.2) is 24.3 Å². The molecule has 0 unspecified atom stereocenters. The van der Waals surface area contributed by atoms with Crippen LogP contribution in [-0.2, 0) is 6.54 Å². The number of nitrogens with zero attached hydrogens (tertiary/aromatic N) is 1. The molecule has 13 heavy (non-hydrogen) atoms. The number of hydrogen-bond acceptors (Lipinski definition) is 2. The van der Waals surface area contributed by atoms with Crippen molar-refractivity contribution in [3.8, 4) is 5.75 Å². The fourth-order valence-electron chi connectivity index (χ4n) is 1.33. The van der Waals surface area contributed by atoms with Gasteiger partial charge in [-0.05, 0) is 19.2 Å². The summed E-state index contributed by atoms with van der Waals surface area (Å²) in [7, 11) is 0.